The maximum atomic E-state index is 12.8. The van der Waals surface area contributed by atoms with Crippen molar-refractivity contribution < 1.29 is 33.4 Å². The quantitative estimate of drug-likeness (QED) is 0.577. The average Bonchev–Trinajstić information content (AvgIpc) is 2.93. The van der Waals surface area contributed by atoms with Gasteiger partial charge in [0.2, 0.25) is 0 Å². The van der Waals surface area contributed by atoms with Gasteiger partial charge in [0.25, 0.3) is 17.7 Å². The molecule has 0 aromatic heterocycles. The van der Waals surface area contributed by atoms with Gasteiger partial charge in [0.1, 0.15) is 6.04 Å². The Kier molecular flexibility index (Phi) is 6.50. The zero-order chi connectivity index (χ0) is 21.0. The molecule has 0 radical (unpaired) electrons. The molecule has 1 heterocycles. The van der Waals surface area contributed by atoms with E-state index in [0.717, 1.165) is 12.0 Å². The number of methoxy groups -OCH3 is 1. The smallest absolute Gasteiger partial charge is 0.413 e. The number of ether oxygens (including phenoxy) is 2. The van der Waals surface area contributed by atoms with E-state index in [1.807, 2.05) is 5.32 Å². The summed E-state index contributed by atoms with van der Waals surface area (Å²) in [4.78, 5) is 62.2. The number of fused-ring (bicyclic) bond motifs is 1. The van der Waals surface area contributed by atoms with E-state index in [2.05, 4.69) is 4.74 Å². The van der Waals surface area contributed by atoms with Crippen LogP contribution in [0.25, 0.3) is 0 Å². The van der Waals surface area contributed by atoms with Crippen molar-refractivity contribution in [2.24, 2.45) is 5.92 Å². The summed E-state index contributed by atoms with van der Waals surface area (Å²) >= 11 is 0. The van der Waals surface area contributed by atoms with Crippen LogP contribution in [-0.4, -0.2) is 53.9 Å². The van der Waals surface area contributed by atoms with E-state index in [1.165, 1.54) is 19.1 Å². The topological polar surface area (TPSA) is 119 Å². The number of nitrogens with zero attached hydrogens (tertiary/aromatic N) is 1. The maximum absolute atomic E-state index is 12.8. The van der Waals surface area contributed by atoms with Crippen molar-refractivity contribution in [1.82, 2.24) is 10.2 Å². The molecule has 2 rings (SSSR count). The first-order valence-electron chi connectivity index (χ1n) is 8.79. The van der Waals surface area contributed by atoms with Gasteiger partial charge in [-0.15, -0.1) is 0 Å². The third-order valence-electron chi connectivity index (χ3n) is 4.60. The number of amides is 4. The lowest BCUT2D eigenvalue weighted by Crippen LogP contribution is -2.51. The Morgan fingerprint density at radius 1 is 1.07 bits per heavy atom. The molecule has 150 valence electrons. The minimum Gasteiger partial charge on any atom is -0.453 e. The second-order valence-corrected chi connectivity index (χ2v) is 6.42. The Hall–Kier alpha value is -3.23. The molecule has 28 heavy (non-hydrogen) atoms. The van der Waals surface area contributed by atoms with Crippen LogP contribution in [0.4, 0.5) is 4.79 Å². The molecule has 1 aliphatic heterocycles. The highest BCUT2D eigenvalue weighted by molar-refractivity contribution is 6.22. The molecular formula is C19H22N2O7. The SMILES string of the molecule is CC[C@H](C)[C@@H](C(=O)O[C@@H](C)C(=O)NC(=O)OC)N1C(=O)c2ccccc2C1=O. The number of esters is 1. The van der Waals surface area contributed by atoms with Gasteiger partial charge < -0.3 is 9.47 Å². The second kappa shape index (κ2) is 8.64. The van der Waals surface area contributed by atoms with Gasteiger partial charge in [-0.3, -0.25) is 24.6 Å². The molecule has 0 unspecified atom stereocenters. The summed E-state index contributed by atoms with van der Waals surface area (Å²) in [6.07, 6.45) is -1.84. The van der Waals surface area contributed by atoms with Crippen LogP contribution < -0.4 is 5.32 Å². The van der Waals surface area contributed by atoms with Crippen molar-refractivity contribution in [1.29, 1.82) is 0 Å². The molecule has 3 atom stereocenters. The van der Waals surface area contributed by atoms with Gasteiger partial charge in [0, 0.05) is 0 Å². The van der Waals surface area contributed by atoms with E-state index >= 15 is 0 Å². The number of imide groups is 2. The van der Waals surface area contributed by atoms with E-state index in [9.17, 15) is 24.0 Å². The highest BCUT2D eigenvalue weighted by Gasteiger charge is 2.45. The summed E-state index contributed by atoms with van der Waals surface area (Å²) in [6.45, 7) is 4.78. The molecule has 0 saturated carbocycles. The normalized spacial score (nSPS) is 16.1. The molecule has 1 aromatic carbocycles. The van der Waals surface area contributed by atoms with Crippen LogP contribution in [0.15, 0.2) is 24.3 Å². The van der Waals surface area contributed by atoms with Crippen LogP contribution in [0.2, 0.25) is 0 Å². The number of hydrogen-bond acceptors (Lipinski definition) is 7. The van der Waals surface area contributed by atoms with Crippen LogP contribution in [0.3, 0.4) is 0 Å². The fraction of sp³-hybridized carbons (Fsp3) is 0.421. The minimum absolute atomic E-state index is 0.213. The van der Waals surface area contributed by atoms with Gasteiger partial charge in [-0.1, -0.05) is 32.4 Å². The van der Waals surface area contributed by atoms with Gasteiger partial charge in [0.15, 0.2) is 6.10 Å². The molecule has 1 aliphatic rings. The zero-order valence-electron chi connectivity index (χ0n) is 16.1. The standard InChI is InChI=1S/C19H22N2O7/c1-5-10(2)14(18(25)28-11(3)15(22)20-19(26)27-4)21-16(23)12-8-6-7-9-13(12)17(21)24/h6-11,14H,5H2,1-4H3,(H,20,22,26)/t10-,11-,14-/m0/s1. The molecule has 9 heteroatoms. The Morgan fingerprint density at radius 3 is 2.07 bits per heavy atom. The number of alkyl carbamates (subject to hydrolysis) is 1. The van der Waals surface area contributed by atoms with Gasteiger partial charge in [-0.05, 0) is 25.0 Å². The zero-order valence-corrected chi connectivity index (χ0v) is 16.1. The van der Waals surface area contributed by atoms with E-state index in [0.29, 0.717) is 6.42 Å². The number of carbonyl (C=O) groups is 5. The van der Waals surface area contributed by atoms with Crippen molar-refractivity contribution >= 4 is 29.8 Å². The summed E-state index contributed by atoms with van der Waals surface area (Å²) in [5.41, 5.74) is 0.426. The summed E-state index contributed by atoms with van der Waals surface area (Å²) in [7, 11) is 1.08. The first-order valence-corrected chi connectivity index (χ1v) is 8.79. The van der Waals surface area contributed by atoms with Crippen LogP contribution in [0.1, 0.15) is 47.9 Å². The number of nitrogens with one attached hydrogen (secondary N) is 1. The fourth-order valence-electron chi connectivity index (χ4n) is 2.83. The second-order valence-electron chi connectivity index (χ2n) is 6.42. The lowest BCUT2D eigenvalue weighted by atomic mass is 9.97. The van der Waals surface area contributed by atoms with Gasteiger partial charge in [-0.25, -0.2) is 9.59 Å². The van der Waals surface area contributed by atoms with Crippen LogP contribution in [-0.2, 0) is 19.1 Å². The highest BCUT2D eigenvalue weighted by atomic mass is 16.6. The predicted octanol–water partition coefficient (Wildman–Crippen LogP) is 1.51. The Morgan fingerprint density at radius 2 is 1.61 bits per heavy atom. The van der Waals surface area contributed by atoms with Crippen LogP contribution in [0.5, 0.6) is 0 Å². The molecule has 0 bridgehead atoms. The molecule has 0 fully saturated rings. The van der Waals surface area contributed by atoms with Crippen molar-refractivity contribution in [2.45, 2.75) is 39.3 Å². The lowest BCUT2D eigenvalue weighted by molar-refractivity contribution is -0.159. The first-order chi connectivity index (χ1) is 13.2. The number of benzene rings is 1. The van der Waals surface area contributed by atoms with E-state index in [4.69, 9.17) is 4.74 Å². The fourth-order valence-corrected chi connectivity index (χ4v) is 2.83. The maximum Gasteiger partial charge on any atom is 0.413 e. The molecule has 1 N–H and O–H groups in total. The Bertz CT molecular complexity index is 785. The first kappa shape index (κ1) is 21.1. The summed E-state index contributed by atoms with van der Waals surface area (Å²) in [6, 6.07) is 5.08. The third-order valence-corrected chi connectivity index (χ3v) is 4.60. The van der Waals surface area contributed by atoms with Crippen molar-refractivity contribution in [3.63, 3.8) is 0 Å². The largest absolute Gasteiger partial charge is 0.453 e. The van der Waals surface area contributed by atoms with Gasteiger partial charge in [0.05, 0.1) is 18.2 Å². The molecule has 0 aliphatic carbocycles. The van der Waals surface area contributed by atoms with Crippen LogP contribution >= 0.6 is 0 Å². The van der Waals surface area contributed by atoms with Gasteiger partial charge >= 0.3 is 12.1 Å². The van der Waals surface area contributed by atoms with Crippen molar-refractivity contribution in [2.75, 3.05) is 7.11 Å². The van der Waals surface area contributed by atoms with E-state index in [-0.39, 0.29) is 11.1 Å². The molecule has 9 nitrogen and oxygen atoms in total. The minimum atomic E-state index is -1.33. The number of hydrogen-bond donors (Lipinski definition) is 1. The molecule has 1 aromatic rings. The monoisotopic (exact) mass is 390 g/mol. The number of carbonyl (C=O) groups excluding carboxylic acids is 5. The lowest BCUT2D eigenvalue weighted by Gasteiger charge is -2.29. The van der Waals surface area contributed by atoms with Crippen molar-refractivity contribution in [3.8, 4) is 0 Å². The van der Waals surface area contributed by atoms with Crippen molar-refractivity contribution in [3.05, 3.63) is 35.4 Å². The van der Waals surface area contributed by atoms with Gasteiger partial charge in [-0.2, -0.15) is 0 Å². The molecule has 0 spiro atoms. The highest BCUT2D eigenvalue weighted by Crippen LogP contribution is 2.28. The molecular weight excluding hydrogens is 368 g/mol. The third kappa shape index (κ3) is 4.03. The Balaban J connectivity index is 2.24. The molecule has 0 saturated heterocycles. The molecule has 4 amide bonds. The number of rotatable bonds is 6. The van der Waals surface area contributed by atoms with E-state index < -0.39 is 47.8 Å². The summed E-state index contributed by atoms with van der Waals surface area (Å²) in [5.74, 6) is -3.38. The van der Waals surface area contributed by atoms with E-state index in [1.54, 1.807) is 26.0 Å². The summed E-state index contributed by atoms with van der Waals surface area (Å²) in [5, 5.41) is 1.89. The Labute approximate surface area is 162 Å². The summed E-state index contributed by atoms with van der Waals surface area (Å²) < 4.78 is 9.46. The average molecular weight is 390 g/mol. The predicted molar refractivity (Wildman–Crippen MR) is 96.3 cm³/mol. The van der Waals surface area contributed by atoms with Crippen LogP contribution in [0, 0.1) is 5.92 Å².